The Balaban J connectivity index is 1.96. The fourth-order valence-electron chi connectivity index (χ4n) is 2.84. The lowest BCUT2D eigenvalue weighted by Crippen LogP contribution is -2.03. The summed E-state index contributed by atoms with van der Waals surface area (Å²) in [5, 5.41) is 4.86. The van der Waals surface area contributed by atoms with Gasteiger partial charge in [0.05, 0.1) is 12.3 Å². The molecule has 3 aromatic rings. The van der Waals surface area contributed by atoms with Crippen molar-refractivity contribution in [2.24, 2.45) is 0 Å². The van der Waals surface area contributed by atoms with Crippen LogP contribution in [0.3, 0.4) is 0 Å². The lowest BCUT2D eigenvalue weighted by molar-refractivity contribution is 0.104. The molecular weight excluding hydrogens is 346 g/mol. The number of nitrogens with zero attached hydrogens (tertiary/aromatic N) is 1. The number of fused-ring (bicyclic) bond motifs is 1. The molecule has 0 bridgehead atoms. The van der Waals surface area contributed by atoms with Gasteiger partial charge in [-0.3, -0.25) is 4.79 Å². The minimum Gasteiger partial charge on any atom is -0.389 e. The number of ketones is 1. The minimum absolute atomic E-state index is 0.0557. The highest BCUT2D eigenvalue weighted by Crippen LogP contribution is 2.40. The second kappa shape index (κ2) is 7.68. The number of nitrogens with one attached hydrogen (secondary N) is 1. The molecule has 0 spiro atoms. The summed E-state index contributed by atoms with van der Waals surface area (Å²) in [6.45, 7) is 4.27. The van der Waals surface area contributed by atoms with Crippen molar-refractivity contribution in [1.82, 2.24) is 4.98 Å². The number of aromatic nitrogens is 1. The largest absolute Gasteiger partial charge is 0.389 e. The van der Waals surface area contributed by atoms with Crippen LogP contribution in [0.4, 0.5) is 10.7 Å². The number of ether oxygens (including phenoxy) is 1. The van der Waals surface area contributed by atoms with Gasteiger partial charge >= 0.3 is 0 Å². The van der Waals surface area contributed by atoms with Gasteiger partial charge in [0.1, 0.15) is 9.83 Å². The number of aryl methyl sites for hydroxylation is 1. The second-order valence-corrected chi connectivity index (χ2v) is 7.09. The van der Waals surface area contributed by atoms with Crippen molar-refractivity contribution in [2.45, 2.75) is 20.5 Å². The molecule has 2 heterocycles. The van der Waals surface area contributed by atoms with E-state index in [-0.39, 0.29) is 5.78 Å². The van der Waals surface area contributed by atoms with E-state index >= 15 is 0 Å². The zero-order valence-electron chi connectivity index (χ0n) is 15.0. The highest BCUT2D eigenvalue weighted by molar-refractivity contribution is 7.23. The van der Waals surface area contributed by atoms with Crippen LogP contribution in [0, 0.1) is 6.92 Å². The summed E-state index contributed by atoms with van der Waals surface area (Å²) in [6.07, 6.45) is 1.58. The number of allylic oxidation sites excluding steroid dienone is 2. The molecule has 3 rings (SSSR count). The molecule has 5 nitrogen and oxygen atoms in total. The van der Waals surface area contributed by atoms with Crippen LogP contribution in [0.5, 0.6) is 0 Å². The van der Waals surface area contributed by atoms with Crippen molar-refractivity contribution in [2.75, 3.05) is 18.2 Å². The zero-order chi connectivity index (χ0) is 18.7. The average Bonchev–Trinajstić information content (AvgIpc) is 2.91. The van der Waals surface area contributed by atoms with Crippen LogP contribution in [0.1, 0.15) is 28.5 Å². The Hall–Kier alpha value is -2.70. The fraction of sp³-hybridized carbons (Fsp3) is 0.200. The number of nitrogen functional groups attached to an aromatic ring is 1. The van der Waals surface area contributed by atoms with Crippen molar-refractivity contribution in [3.63, 3.8) is 0 Å². The minimum atomic E-state index is -0.0557. The summed E-state index contributed by atoms with van der Waals surface area (Å²) in [7, 11) is 1.66. The van der Waals surface area contributed by atoms with Gasteiger partial charge in [-0.15, -0.1) is 0 Å². The van der Waals surface area contributed by atoms with Gasteiger partial charge in [0.15, 0.2) is 5.78 Å². The van der Waals surface area contributed by atoms with Crippen LogP contribution < -0.4 is 11.1 Å². The molecule has 6 heteroatoms. The van der Waals surface area contributed by atoms with Crippen LogP contribution in [-0.2, 0) is 11.3 Å². The predicted octanol–water partition coefficient (Wildman–Crippen LogP) is 4.53. The second-order valence-electron chi connectivity index (χ2n) is 6.06. The number of rotatable bonds is 6. The molecule has 0 aliphatic rings. The molecule has 0 saturated carbocycles. The first-order chi connectivity index (χ1) is 12.5. The van der Waals surface area contributed by atoms with Gasteiger partial charge in [-0.25, -0.2) is 4.98 Å². The van der Waals surface area contributed by atoms with E-state index in [0.29, 0.717) is 22.9 Å². The summed E-state index contributed by atoms with van der Waals surface area (Å²) in [5.41, 5.74) is 10.3. The van der Waals surface area contributed by atoms with Crippen LogP contribution in [-0.4, -0.2) is 17.9 Å². The van der Waals surface area contributed by atoms with E-state index in [9.17, 15) is 4.79 Å². The maximum atomic E-state index is 12.4. The van der Waals surface area contributed by atoms with E-state index in [1.807, 2.05) is 38.1 Å². The Labute approximate surface area is 156 Å². The number of thiophene rings is 1. The van der Waals surface area contributed by atoms with Gasteiger partial charge in [0.25, 0.3) is 0 Å². The number of hydrogen-bond acceptors (Lipinski definition) is 6. The summed E-state index contributed by atoms with van der Waals surface area (Å²) in [6, 6.07) is 11.2. The van der Waals surface area contributed by atoms with E-state index in [2.05, 4.69) is 10.3 Å². The van der Waals surface area contributed by atoms with E-state index in [1.54, 1.807) is 25.3 Å². The van der Waals surface area contributed by atoms with Crippen molar-refractivity contribution in [3.05, 3.63) is 65.0 Å². The molecule has 2 aromatic heterocycles. The molecule has 26 heavy (non-hydrogen) atoms. The molecule has 1 aromatic carbocycles. The van der Waals surface area contributed by atoms with Gasteiger partial charge in [0.2, 0.25) is 0 Å². The molecule has 0 aliphatic carbocycles. The highest BCUT2D eigenvalue weighted by atomic mass is 32.1. The molecule has 0 amide bonds. The molecule has 134 valence electrons. The Morgan fingerprint density at radius 2 is 2.08 bits per heavy atom. The molecule has 0 saturated heterocycles. The monoisotopic (exact) mass is 367 g/mol. The molecule has 0 unspecified atom stereocenters. The van der Waals surface area contributed by atoms with E-state index in [4.69, 9.17) is 10.5 Å². The predicted molar refractivity (Wildman–Crippen MR) is 108 cm³/mol. The molecule has 0 radical (unpaired) electrons. The summed E-state index contributed by atoms with van der Waals surface area (Å²) < 4.78 is 5.32. The number of benzene rings is 1. The maximum Gasteiger partial charge on any atom is 0.187 e. The molecular formula is C20H21N3O2S. The number of nitrogens with two attached hydrogens (primary N) is 1. The molecule has 3 N–H and O–H groups in total. The van der Waals surface area contributed by atoms with Gasteiger partial charge < -0.3 is 15.8 Å². The van der Waals surface area contributed by atoms with Crippen LogP contribution in [0.15, 0.2) is 48.2 Å². The quantitative estimate of drug-likeness (QED) is 0.494. The van der Waals surface area contributed by atoms with Crippen molar-refractivity contribution in [3.8, 4) is 0 Å². The highest BCUT2D eigenvalue weighted by Gasteiger charge is 2.16. The van der Waals surface area contributed by atoms with Gasteiger partial charge in [-0.2, -0.15) is 0 Å². The molecule has 0 atom stereocenters. The molecule has 0 aliphatic heterocycles. The van der Waals surface area contributed by atoms with E-state index in [1.165, 1.54) is 11.3 Å². The van der Waals surface area contributed by atoms with Gasteiger partial charge in [0, 0.05) is 35.5 Å². The number of carbonyl (C=O) groups is 1. The number of carbonyl (C=O) groups excluding carboxylic acids is 1. The number of anilines is 2. The zero-order valence-corrected chi connectivity index (χ0v) is 15.8. The summed E-state index contributed by atoms with van der Waals surface area (Å²) in [4.78, 5) is 17.8. The van der Waals surface area contributed by atoms with Gasteiger partial charge in [-0.05, 0) is 25.5 Å². The van der Waals surface area contributed by atoms with E-state index in [0.717, 1.165) is 27.2 Å². The first-order valence-electron chi connectivity index (χ1n) is 8.21. The van der Waals surface area contributed by atoms with Crippen molar-refractivity contribution < 1.29 is 9.53 Å². The number of methoxy groups -OCH3 is 1. The van der Waals surface area contributed by atoms with Crippen LogP contribution >= 0.6 is 11.3 Å². The number of pyridine rings is 1. The topological polar surface area (TPSA) is 77.2 Å². The van der Waals surface area contributed by atoms with Crippen molar-refractivity contribution in [1.29, 1.82) is 0 Å². The average molecular weight is 367 g/mol. The van der Waals surface area contributed by atoms with Crippen molar-refractivity contribution >= 4 is 38.0 Å². The molecule has 0 fully saturated rings. The maximum absolute atomic E-state index is 12.4. The first-order valence-corrected chi connectivity index (χ1v) is 9.03. The third kappa shape index (κ3) is 3.76. The lowest BCUT2D eigenvalue weighted by Gasteiger charge is -2.10. The van der Waals surface area contributed by atoms with Gasteiger partial charge in [-0.1, -0.05) is 41.7 Å². The Morgan fingerprint density at radius 1 is 1.35 bits per heavy atom. The SMILES string of the molecule is COCc1cc(C)nc2sc(N)c(N/C(C)=C/C(=O)c3ccccc3)c12. The van der Waals surface area contributed by atoms with Crippen LogP contribution in [0.2, 0.25) is 0 Å². The Morgan fingerprint density at radius 3 is 2.77 bits per heavy atom. The Kier molecular flexibility index (Phi) is 5.35. The summed E-state index contributed by atoms with van der Waals surface area (Å²) in [5.74, 6) is -0.0557. The standard InChI is InChI=1S/C20H21N3O2S/c1-12-9-15(11-25-3)17-18(19(21)26-20(17)23-12)22-13(2)10-16(24)14-7-5-4-6-8-14/h4-10,22H,11,21H2,1-3H3/b13-10+. The smallest absolute Gasteiger partial charge is 0.187 e. The summed E-state index contributed by atoms with van der Waals surface area (Å²) >= 11 is 1.43. The third-order valence-electron chi connectivity index (χ3n) is 3.93. The lowest BCUT2D eigenvalue weighted by atomic mass is 10.1. The third-order valence-corrected chi connectivity index (χ3v) is 4.84. The Bertz CT molecular complexity index is 978. The first kappa shape index (κ1) is 18.1. The number of hydrogen-bond donors (Lipinski definition) is 2. The van der Waals surface area contributed by atoms with Crippen LogP contribution in [0.25, 0.3) is 10.2 Å². The van der Waals surface area contributed by atoms with E-state index < -0.39 is 0 Å². The fourth-order valence-corrected chi connectivity index (χ4v) is 3.83. The normalized spacial score (nSPS) is 11.7.